The van der Waals surface area contributed by atoms with E-state index >= 15 is 0 Å². The molecule has 0 spiro atoms. The standard InChI is InChI=1S/C27H40N2O2/c1-3-5-7-9-11-13-15-22-19-23(17-18-25(22)27(30)31)26-21-28-24(20-29-26)16-14-12-10-8-6-4-2/h17-21H,3-16H2,1-2H3,(H,30,31)/p-1. The number of aromatic nitrogens is 2. The van der Waals surface area contributed by atoms with Gasteiger partial charge in [0.2, 0.25) is 0 Å². The summed E-state index contributed by atoms with van der Waals surface area (Å²) in [5.41, 5.74) is 3.87. The Morgan fingerprint density at radius 3 is 1.97 bits per heavy atom. The van der Waals surface area contributed by atoms with Crippen molar-refractivity contribution in [3.63, 3.8) is 0 Å². The highest BCUT2D eigenvalue weighted by Gasteiger charge is 2.08. The average molecular weight is 424 g/mol. The summed E-state index contributed by atoms with van der Waals surface area (Å²) in [6.07, 6.45) is 20.1. The Morgan fingerprint density at radius 2 is 1.39 bits per heavy atom. The Labute approximate surface area is 188 Å². The quantitative estimate of drug-likeness (QED) is 0.297. The van der Waals surface area contributed by atoms with Crippen molar-refractivity contribution in [1.29, 1.82) is 0 Å². The minimum atomic E-state index is -1.10. The van der Waals surface area contributed by atoms with E-state index in [0.717, 1.165) is 54.6 Å². The van der Waals surface area contributed by atoms with Crippen molar-refractivity contribution in [2.45, 2.75) is 104 Å². The molecule has 4 heteroatoms. The number of nitrogens with zero attached hydrogens (tertiary/aromatic N) is 2. The summed E-state index contributed by atoms with van der Waals surface area (Å²) in [6, 6.07) is 5.42. The number of unbranched alkanes of at least 4 members (excludes halogenated alkanes) is 10. The average Bonchev–Trinajstić information content (AvgIpc) is 2.78. The number of rotatable bonds is 16. The molecule has 0 saturated carbocycles. The van der Waals surface area contributed by atoms with Gasteiger partial charge in [-0.2, -0.15) is 0 Å². The molecule has 4 nitrogen and oxygen atoms in total. The number of benzene rings is 1. The lowest BCUT2D eigenvalue weighted by Crippen LogP contribution is -2.23. The van der Waals surface area contributed by atoms with Gasteiger partial charge in [-0.3, -0.25) is 9.97 Å². The number of carbonyl (C=O) groups excluding carboxylic acids is 1. The molecule has 0 radical (unpaired) electrons. The van der Waals surface area contributed by atoms with Crippen LogP contribution in [0.4, 0.5) is 0 Å². The molecule has 1 aromatic carbocycles. The molecule has 0 N–H and O–H groups in total. The molecule has 1 aromatic heterocycles. The van der Waals surface area contributed by atoms with E-state index in [2.05, 4.69) is 23.8 Å². The molecule has 0 saturated heterocycles. The number of aromatic carboxylic acids is 1. The first-order valence-corrected chi connectivity index (χ1v) is 12.3. The normalized spacial score (nSPS) is 11.0. The molecule has 0 aliphatic heterocycles. The summed E-state index contributed by atoms with van der Waals surface area (Å²) < 4.78 is 0. The second kappa shape index (κ2) is 14.7. The van der Waals surface area contributed by atoms with E-state index in [1.54, 1.807) is 6.07 Å². The van der Waals surface area contributed by atoms with Gasteiger partial charge >= 0.3 is 0 Å². The lowest BCUT2D eigenvalue weighted by Gasteiger charge is -2.13. The molecule has 0 aliphatic carbocycles. The summed E-state index contributed by atoms with van der Waals surface area (Å²) >= 11 is 0. The van der Waals surface area contributed by atoms with Gasteiger partial charge < -0.3 is 9.90 Å². The zero-order valence-corrected chi connectivity index (χ0v) is 19.5. The van der Waals surface area contributed by atoms with Crippen molar-refractivity contribution < 1.29 is 9.90 Å². The molecular formula is C27H39N2O2-. The Balaban J connectivity index is 1.94. The summed E-state index contributed by atoms with van der Waals surface area (Å²) in [7, 11) is 0. The maximum atomic E-state index is 11.5. The summed E-state index contributed by atoms with van der Waals surface area (Å²) in [4.78, 5) is 20.7. The monoisotopic (exact) mass is 423 g/mol. The largest absolute Gasteiger partial charge is 0.545 e. The summed E-state index contributed by atoms with van der Waals surface area (Å²) in [6.45, 7) is 4.45. The third-order valence-electron chi connectivity index (χ3n) is 5.91. The summed E-state index contributed by atoms with van der Waals surface area (Å²) in [5.74, 6) is -1.10. The molecule has 0 atom stereocenters. The van der Waals surface area contributed by atoms with Gasteiger partial charge in [0.05, 0.1) is 23.6 Å². The van der Waals surface area contributed by atoms with Crippen LogP contribution in [0.2, 0.25) is 0 Å². The molecule has 0 aliphatic rings. The number of carboxylic acids is 1. The number of carbonyl (C=O) groups is 1. The van der Waals surface area contributed by atoms with Gasteiger partial charge in [-0.05, 0) is 37.3 Å². The van der Waals surface area contributed by atoms with Gasteiger partial charge in [0, 0.05) is 17.3 Å². The lowest BCUT2D eigenvalue weighted by atomic mass is 9.97. The molecule has 0 bridgehead atoms. The Kier molecular flexibility index (Phi) is 11.9. The Bertz CT molecular complexity index is 771. The van der Waals surface area contributed by atoms with Crippen molar-refractivity contribution in [1.82, 2.24) is 9.97 Å². The van der Waals surface area contributed by atoms with E-state index in [4.69, 9.17) is 0 Å². The fourth-order valence-corrected chi connectivity index (χ4v) is 3.97. The molecule has 170 valence electrons. The van der Waals surface area contributed by atoms with Crippen LogP contribution in [0.5, 0.6) is 0 Å². The van der Waals surface area contributed by atoms with Crippen LogP contribution in [0.1, 0.15) is 113 Å². The highest BCUT2D eigenvalue weighted by Crippen LogP contribution is 2.23. The van der Waals surface area contributed by atoms with Crippen LogP contribution in [0.3, 0.4) is 0 Å². The fourth-order valence-electron chi connectivity index (χ4n) is 3.97. The first-order chi connectivity index (χ1) is 15.2. The van der Waals surface area contributed by atoms with Gasteiger partial charge in [-0.15, -0.1) is 0 Å². The zero-order valence-electron chi connectivity index (χ0n) is 19.5. The van der Waals surface area contributed by atoms with Crippen LogP contribution in [0.25, 0.3) is 11.3 Å². The Hall–Kier alpha value is -2.23. The topological polar surface area (TPSA) is 65.9 Å². The molecular weight excluding hydrogens is 384 g/mol. The van der Waals surface area contributed by atoms with Gasteiger partial charge in [-0.25, -0.2) is 0 Å². The molecule has 2 aromatic rings. The molecule has 1 heterocycles. The molecule has 0 unspecified atom stereocenters. The lowest BCUT2D eigenvalue weighted by molar-refractivity contribution is -0.255. The van der Waals surface area contributed by atoms with E-state index in [1.807, 2.05) is 24.5 Å². The molecule has 2 rings (SSSR count). The predicted octanol–water partition coefficient (Wildman–Crippen LogP) is 6.31. The van der Waals surface area contributed by atoms with Gasteiger partial charge in [-0.1, -0.05) is 90.2 Å². The van der Waals surface area contributed by atoms with E-state index < -0.39 is 5.97 Å². The van der Waals surface area contributed by atoms with Crippen molar-refractivity contribution in [3.8, 4) is 11.3 Å². The number of carboxylic acid groups (broad SMARTS) is 1. The highest BCUT2D eigenvalue weighted by molar-refractivity contribution is 5.88. The number of hydrogen-bond acceptors (Lipinski definition) is 4. The first-order valence-electron chi connectivity index (χ1n) is 12.3. The Morgan fingerprint density at radius 1 is 0.774 bits per heavy atom. The molecule has 0 amide bonds. The van der Waals surface area contributed by atoms with Crippen LogP contribution in [0, 0.1) is 0 Å². The third-order valence-corrected chi connectivity index (χ3v) is 5.91. The maximum absolute atomic E-state index is 11.5. The summed E-state index contributed by atoms with van der Waals surface area (Å²) in [5, 5.41) is 11.5. The minimum Gasteiger partial charge on any atom is -0.545 e. The third kappa shape index (κ3) is 9.20. The van der Waals surface area contributed by atoms with Crippen LogP contribution in [-0.4, -0.2) is 15.9 Å². The SMILES string of the molecule is CCCCCCCCc1cnc(-c2ccc(C(=O)[O-])c(CCCCCCCC)c2)cn1. The molecule has 0 fully saturated rings. The van der Waals surface area contributed by atoms with Crippen molar-refractivity contribution >= 4 is 5.97 Å². The van der Waals surface area contributed by atoms with Gasteiger partial charge in [0.1, 0.15) is 0 Å². The van der Waals surface area contributed by atoms with E-state index in [9.17, 15) is 9.90 Å². The highest BCUT2D eigenvalue weighted by atomic mass is 16.4. The maximum Gasteiger partial charge on any atom is 0.0885 e. The van der Waals surface area contributed by atoms with E-state index in [1.165, 1.54) is 57.8 Å². The van der Waals surface area contributed by atoms with Crippen LogP contribution < -0.4 is 5.11 Å². The van der Waals surface area contributed by atoms with Crippen LogP contribution in [-0.2, 0) is 12.8 Å². The van der Waals surface area contributed by atoms with Gasteiger partial charge in [0.15, 0.2) is 0 Å². The smallest absolute Gasteiger partial charge is 0.0885 e. The minimum absolute atomic E-state index is 0.296. The number of aryl methyl sites for hydroxylation is 2. The second-order valence-corrected chi connectivity index (χ2v) is 8.59. The van der Waals surface area contributed by atoms with Crippen molar-refractivity contribution in [2.24, 2.45) is 0 Å². The van der Waals surface area contributed by atoms with E-state index in [0.29, 0.717) is 5.56 Å². The molecule has 31 heavy (non-hydrogen) atoms. The van der Waals surface area contributed by atoms with Gasteiger partial charge in [0.25, 0.3) is 0 Å². The fraction of sp³-hybridized carbons (Fsp3) is 0.593. The van der Waals surface area contributed by atoms with Crippen molar-refractivity contribution in [2.75, 3.05) is 0 Å². The first kappa shape index (κ1) is 25.0. The predicted molar refractivity (Wildman–Crippen MR) is 126 cm³/mol. The van der Waals surface area contributed by atoms with Crippen LogP contribution in [0.15, 0.2) is 30.6 Å². The van der Waals surface area contributed by atoms with E-state index in [-0.39, 0.29) is 0 Å². The zero-order chi connectivity index (χ0) is 22.3. The van der Waals surface area contributed by atoms with Crippen molar-refractivity contribution in [3.05, 3.63) is 47.4 Å². The number of hydrogen-bond donors (Lipinski definition) is 0. The second-order valence-electron chi connectivity index (χ2n) is 8.59. The van der Waals surface area contributed by atoms with Crippen LogP contribution >= 0.6 is 0 Å².